The molecule has 0 aliphatic carbocycles. The first-order valence-corrected chi connectivity index (χ1v) is 4.33. The Kier molecular flexibility index (Phi) is 3.88. The van der Waals surface area contributed by atoms with E-state index in [1.54, 1.807) is 24.3 Å². The van der Waals surface area contributed by atoms with Gasteiger partial charge in [0.2, 0.25) is 0 Å². The van der Waals surface area contributed by atoms with Crippen LogP contribution in [0.4, 0.5) is 0 Å². The Balaban J connectivity index is 2.89. The van der Waals surface area contributed by atoms with Crippen LogP contribution in [0.2, 0.25) is 0 Å². The van der Waals surface area contributed by atoms with Gasteiger partial charge in [-0.25, -0.2) is 0 Å². The van der Waals surface area contributed by atoms with E-state index in [-0.39, 0.29) is 12.4 Å². The molecule has 0 saturated heterocycles. The van der Waals surface area contributed by atoms with Gasteiger partial charge in [0, 0.05) is 17.7 Å². The first-order valence-electron chi connectivity index (χ1n) is 4.33. The van der Waals surface area contributed by atoms with Gasteiger partial charge in [0.15, 0.2) is 0 Å². The summed E-state index contributed by atoms with van der Waals surface area (Å²) < 4.78 is 0. The van der Waals surface area contributed by atoms with E-state index in [1.807, 2.05) is 0 Å². The van der Waals surface area contributed by atoms with E-state index in [9.17, 15) is 9.90 Å². The third kappa shape index (κ3) is 2.71. The second-order valence-electron chi connectivity index (χ2n) is 2.85. The first-order chi connectivity index (χ1) is 6.77. The fourth-order valence-corrected chi connectivity index (χ4v) is 1.06. The maximum Gasteiger partial charge on any atom is 0.150 e. The molecule has 0 saturated carbocycles. The highest BCUT2D eigenvalue weighted by molar-refractivity contribution is 5.77. The number of aromatic hydroxyl groups is 1. The van der Waals surface area contributed by atoms with Gasteiger partial charge in [-0.1, -0.05) is 12.2 Å². The van der Waals surface area contributed by atoms with E-state index in [2.05, 4.69) is 0 Å². The summed E-state index contributed by atoms with van der Waals surface area (Å²) >= 11 is 0. The van der Waals surface area contributed by atoms with Crippen LogP contribution >= 0.6 is 0 Å². The molecule has 3 nitrogen and oxygen atoms in total. The summed E-state index contributed by atoms with van der Waals surface area (Å²) in [7, 11) is 0. The summed E-state index contributed by atoms with van der Waals surface area (Å²) in [5, 5.41) is 17.9. The van der Waals surface area contributed by atoms with Crippen molar-refractivity contribution in [3.8, 4) is 5.75 Å². The molecule has 1 aromatic rings. The summed E-state index contributed by atoms with van der Waals surface area (Å²) in [6.45, 7) is 0.0740. The molecule has 0 fully saturated rings. The molecular weight excluding hydrogens is 180 g/mol. The summed E-state index contributed by atoms with van der Waals surface area (Å²) in [6, 6.07) is 4.62. The molecule has 1 aromatic carbocycles. The topological polar surface area (TPSA) is 57.5 Å². The Hall–Kier alpha value is -1.61. The van der Waals surface area contributed by atoms with Gasteiger partial charge in [-0.3, -0.25) is 4.79 Å². The van der Waals surface area contributed by atoms with Crippen LogP contribution < -0.4 is 0 Å². The molecule has 0 aromatic heterocycles. The Morgan fingerprint density at radius 3 is 2.79 bits per heavy atom. The van der Waals surface area contributed by atoms with Crippen LogP contribution in [0.25, 0.3) is 6.08 Å². The van der Waals surface area contributed by atoms with E-state index in [1.165, 1.54) is 6.07 Å². The van der Waals surface area contributed by atoms with Gasteiger partial charge in [0.05, 0.1) is 0 Å². The van der Waals surface area contributed by atoms with Crippen molar-refractivity contribution in [3.63, 3.8) is 0 Å². The number of benzene rings is 1. The fourth-order valence-electron chi connectivity index (χ4n) is 1.06. The van der Waals surface area contributed by atoms with Crippen LogP contribution in [0.5, 0.6) is 5.75 Å². The van der Waals surface area contributed by atoms with Crippen molar-refractivity contribution in [2.24, 2.45) is 0 Å². The maximum atomic E-state index is 10.5. The van der Waals surface area contributed by atoms with Crippen molar-refractivity contribution in [2.45, 2.75) is 6.42 Å². The maximum absolute atomic E-state index is 10.5. The van der Waals surface area contributed by atoms with Crippen LogP contribution in [0, 0.1) is 0 Å². The number of aliphatic hydroxyl groups is 1. The quantitative estimate of drug-likeness (QED) is 0.712. The molecule has 0 heterocycles. The summed E-state index contributed by atoms with van der Waals surface area (Å²) in [5.74, 6) is 0.129. The number of hydrogen-bond donors (Lipinski definition) is 2. The minimum Gasteiger partial charge on any atom is -0.507 e. The molecule has 0 bridgehead atoms. The summed E-state index contributed by atoms with van der Waals surface area (Å²) in [6.07, 6.45) is 4.68. The van der Waals surface area contributed by atoms with Crippen molar-refractivity contribution in [1.29, 1.82) is 0 Å². The van der Waals surface area contributed by atoms with E-state index in [0.29, 0.717) is 17.5 Å². The van der Waals surface area contributed by atoms with E-state index < -0.39 is 0 Å². The number of carbonyl (C=O) groups is 1. The highest BCUT2D eigenvalue weighted by atomic mass is 16.3. The van der Waals surface area contributed by atoms with Gasteiger partial charge < -0.3 is 10.2 Å². The summed E-state index contributed by atoms with van der Waals surface area (Å²) in [5.41, 5.74) is 1.11. The van der Waals surface area contributed by atoms with Gasteiger partial charge in [-0.05, 0) is 24.6 Å². The van der Waals surface area contributed by atoms with Crippen LogP contribution in [-0.4, -0.2) is 23.1 Å². The molecule has 74 valence electrons. The van der Waals surface area contributed by atoms with Crippen LogP contribution in [-0.2, 0) is 0 Å². The third-order valence-corrected chi connectivity index (χ3v) is 1.78. The van der Waals surface area contributed by atoms with Gasteiger partial charge in [0.1, 0.15) is 12.0 Å². The molecule has 0 spiro atoms. The lowest BCUT2D eigenvalue weighted by atomic mass is 10.1. The van der Waals surface area contributed by atoms with Gasteiger partial charge in [-0.2, -0.15) is 0 Å². The number of phenols is 1. The molecule has 14 heavy (non-hydrogen) atoms. The lowest BCUT2D eigenvalue weighted by Crippen LogP contribution is -1.82. The Bertz CT molecular complexity index is 342. The Morgan fingerprint density at radius 1 is 1.36 bits per heavy atom. The number of rotatable bonds is 4. The standard InChI is InChI=1S/C11H12O3/c12-6-2-1-3-10-7-9(8-13)4-5-11(10)14/h1,3-5,7-8,12,14H,2,6H2. The largest absolute Gasteiger partial charge is 0.507 e. The second-order valence-corrected chi connectivity index (χ2v) is 2.85. The molecule has 1 rings (SSSR count). The van der Waals surface area contributed by atoms with Crippen molar-refractivity contribution in [3.05, 3.63) is 35.4 Å². The normalized spacial score (nSPS) is 10.6. The molecule has 2 N–H and O–H groups in total. The summed E-state index contributed by atoms with van der Waals surface area (Å²) in [4.78, 5) is 10.5. The molecule has 0 unspecified atom stereocenters. The molecular formula is C11H12O3. The Morgan fingerprint density at radius 2 is 2.14 bits per heavy atom. The van der Waals surface area contributed by atoms with E-state index >= 15 is 0 Å². The molecule has 0 amide bonds. The minimum atomic E-state index is 0.0740. The van der Waals surface area contributed by atoms with Gasteiger partial charge in [0.25, 0.3) is 0 Å². The van der Waals surface area contributed by atoms with Gasteiger partial charge in [-0.15, -0.1) is 0 Å². The van der Waals surface area contributed by atoms with Crippen LogP contribution in [0.3, 0.4) is 0 Å². The smallest absolute Gasteiger partial charge is 0.150 e. The molecule has 0 aliphatic rings. The predicted octanol–water partition coefficient (Wildman–Crippen LogP) is 1.60. The first kappa shape index (κ1) is 10.5. The SMILES string of the molecule is O=Cc1ccc(O)c(C=CCCO)c1. The van der Waals surface area contributed by atoms with Crippen LogP contribution in [0.15, 0.2) is 24.3 Å². The number of phenolic OH excluding ortho intramolecular Hbond substituents is 1. The molecule has 0 aliphatic heterocycles. The average molecular weight is 192 g/mol. The molecule has 0 atom stereocenters. The highest BCUT2D eigenvalue weighted by Crippen LogP contribution is 2.19. The Labute approximate surface area is 82.3 Å². The van der Waals surface area contributed by atoms with Gasteiger partial charge >= 0.3 is 0 Å². The molecule has 0 radical (unpaired) electrons. The fraction of sp³-hybridized carbons (Fsp3) is 0.182. The average Bonchev–Trinajstić information content (AvgIpc) is 2.21. The zero-order valence-corrected chi connectivity index (χ0v) is 7.68. The van der Waals surface area contributed by atoms with E-state index in [4.69, 9.17) is 5.11 Å². The lowest BCUT2D eigenvalue weighted by Gasteiger charge is -1.99. The van der Waals surface area contributed by atoms with Crippen LogP contribution in [0.1, 0.15) is 22.3 Å². The van der Waals surface area contributed by atoms with Crippen molar-refractivity contribution in [1.82, 2.24) is 0 Å². The monoisotopic (exact) mass is 192 g/mol. The number of aliphatic hydroxyl groups excluding tert-OH is 1. The zero-order chi connectivity index (χ0) is 10.4. The van der Waals surface area contributed by atoms with Crippen molar-refractivity contribution < 1.29 is 15.0 Å². The number of aldehydes is 1. The second kappa shape index (κ2) is 5.19. The predicted molar refractivity (Wildman–Crippen MR) is 54.2 cm³/mol. The zero-order valence-electron chi connectivity index (χ0n) is 7.68. The number of carbonyl (C=O) groups excluding carboxylic acids is 1. The third-order valence-electron chi connectivity index (χ3n) is 1.78. The molecule has 3 heteroatoms. The van der Waals surface area contributed by atoms with Crippen molar-refractivity contribution >= 4 is 12.4 Å². The van der Waals surface area contributed by atoms with E-state index in [0.717, 1.165) is 6.29 Å². The lowest BCUT2D eigenvalue weighted by molar-refractivity contribution is 0.112. The van der Waals surface area contributed by atoms with Crippen molar-refractivity contribution in [2.75, 3.05) is 6.61 Å². The highest BCUT2D eigenvalue weighted by Gasteiger charge is 1.98. The number of hydrogen-bond acceptors (Lipinski definition) is 3. The minimum absolute atomic E-state index is 0.0740.